The van der Waals surface area contributed by atoms with E-state index in [9.17, 15) is 0 Å². The van der Waals surface area contributed by atoms with Crippen molar-refractivity contribution in [2.45, 2.75) is 39.8 Å². The Bertz CT molecular complexity index is 256. The van der Waals surface area contributed by atoms with E-state index in [4.69, 9.17) is 14.0 Å². The van der Waals surface area contributed by atoms with Crippen molar-refractivity contribution in [2.24, 2.45) is 0 Å². The number of nitrogens with zero attached hydrogens (tertiary/aromatic N) is 2. The van der Waals surface area contributed by atoms with E-state index in [-0.39, 0.29) is 20.1 Å². The molecule has 0 fully saturated rings. The molecule has 0 unspecified atom stereocenters. The molecule has 5 nitrogen and oxygen atoms in total. The van der Waals surface area contributed by atoms with Gasteiger partial charge in [0.05, 0.1) is 25.2 Å². The van der Waals surface area contributed by atoms with Gasteiger partial charge in [-0.1, -0.05) is 0 Å². The Morgan fingerprint density at radius 2 is 1.39 bits per heavy atom. The maximum atomic E-state index is 7.50. The molecule has 0 amide bonds. The van der Waals surface area contributed by atoms with Gasteiger partial charge in [0.15, 0.2) is 0 Å². The van der Waals surface area contributed by atoms with E-state index in [2.05, 4.69) is 63.5 Å². The Labute approximate surface area is 123 Å². The maximum Gasteiger partial charge on any atom is 0 e. The Morgan fingerprint density at radius 3 is 1.56 bits per heavy atom. The van der Waals surface area contributed by atoms with Crippen LogP contribution in [0.3, 0.4) is 0 Å². The Hall–Kier alpha value is -0.661. The third-order valence-electron chi connectivity index (χ3n) is 2.09. The molecule has 0 N–H and O–H groups in total. The number of hydrogen-bond donors (Lipinski definition) is 0. The van der Waals surface area contributed by atoms with Gasteiger partial charge in [-0.05, 0) is 27.7 Å². The SMILES string of the molecule is CC(C)N1[C-]=[N+](C(C)C)CC1.[C-]#[O+].[C-]#[O+].[C-]#[O+].[Ir]. The quantitative estimate of drug-likeness (QED) is 0.365. The van der Waals surface area contributed by atoms with Crippen LogP contribution in [-0.4, -0.2) is 41.0 Å². The first-order valence-electron chi connectivity index (χ1n) is 5.02. The molecule has 0 atom stereocenters. The second-order valence-corrected chi connectivity index (χ2v) is 3.67. The van der Waals surface area contributed by atoms with Crippen molar-refractivity contribution in [3.63, 3.8) is 0 Å². The molecule has 0 aromatic rings. The first-order chi connectivity index (χ1) is 8.11. The van der Waals surface area contributed by atoms with Crippen LogP contribution >= 0.6 is 0 Å². The Balaban J connectivity index is -0.000000123. The first-order valence-corrected chi connectivity index (χ1v) is 5.02. The van der Waals surface area contributed by atoms with Gasteiger partial charge in [-0.2, -0.15) is 0 Å². The van der Waals surface area contributed by atoms with Crippen LogP contribution in [0.15, 0.2) is 0 Å². The van der Waals surface area contributed by atoms with Crippen molar-refractivity contribution in [3.05, 3.63) is 20.0 Å². The van der Waals surface area contributed by atoms with Crippen LogP contribution < -0.4 is 0 Å². The van der Waals surface area contributed by atoms with E-state index >= 15 is 0 Å². The molecule has 1 heterocycles. The fourth-order valence-electron chi connectivity index (χ4n) is 1.23. The fourth-order valence-corrected chi connectivity index (χ4v) is 1.23. The predicted molar refractivity (Wildman–Crippen MR) is 58.9 cm³/mol. The average Bonchev–Trinajstić information content (AvgIpc) is 2.86. The van der Waals surface area contributed by atoms with Crippen LogP contribution in [0.5, 0.6) is 0 Å². The molecular weight excluding hydrogens is 412 g/mol. The number of rotatable bonds is 2. The third-order valence-corrected chi connectivity index (χ3v) is 2.09. The smallest absolute Gasteiger partial charge is 0 e. The van der Waals surface area contributed by atoms with Gasteiger partial charge in [-0.3, -0.25) is 0 Å². The molecule has 0 aromatic heterocycles. The second-order valence-electron chi connectivity index (χ2n) is 3.67. The molecule has 0 bridgehead atoms. The van der Waals surface area contributed by atoms with Crippen molar-refractivity contribution in [3.8, 4) is 0 Å². The van der Waals surface area contributed by atoms with Crippen molar-refractivity contribution in [1.29, 1.82) is 0 Å². The van der Waals surface area contributed by atoms with E-state index in [1.54, 1.807) is 0 Å². The monoisotopic (exact) mass is 431 g/mol. The van der Waals surface area contributed by atoms with Crippen molar-refractivity contribution in [2.75, 3.05) is 13.1 Å². The summed E-state index contributed by atoms with van der Waals surface area (Å²) in [6, 6.07) is 1.19. The third kappa shape index (κ3) is 11.8. The molecule has 1 radical (unpaired) electrons. The van der Waals surface area contributed by atoms with Gasteiger partial charge in [0.1, 0.15) is 0 Å². The summed E-state index contributed by atoms with van der Waals surface area (Å²) in [6.07, 6.45) is 3.36. The zero-order valence-electron chi connectivity index (χ0n) is 11.0. The topological polar surface area (TPSA) is 65.9 Å². The molecule has 18 heavy (non-hydrogen) atoms. The van der Waals surface area contributed by atoms with Crippen molar-refractivity contribution < 1.29 is 38.6 Å². The van der Waals surface area contributed by atoms with E-state index in [0.29, 0.717) is 12.1 Å². The molecule has 0 saturated carbocycles. The maximum absolute atomic E-state index is 7.50. The van der Waals surface area contributed by atoms with E-state index in [0.717, 1.165) is 13.1 Å². The molecule has 0 aliphatic carbocycles. The van der Waals surface area contributed by atoms with Gasteiger partial charge in [0, 0.05) is 20.1 Å². The van der Waals surface area contributed by atoms with Crippen LogP contribution in [0.1, 0.15) is 27.7 Å². The largest absolute Gasteiger partial charge is 0 e. The van der Waals surface area contributed by atoms with Crippen LogP contribution in [0.2, 0.25) is 0 Å². The fraction of sp³-hybridized carbons (Fsp3) is 0.667. The van der Waals surface area contributed by atoms with Crippen LogP contribution in [-0.2, 0) is 34.1 Å². The van der Waals surface area contributed by atoms with Crippen LogP contribution in [0.4, 0.5) is 0 Å². The van der Waals surface area contributed by atoms with Gasteiger partial charge in [-0.25, -0.2) is 0 Å². The van der Waals surface area contributed by atoms with Gasteiger partial charge in [-0.15, -0.1) is 6.34 Å². The summed E-state index contributed by atoms with van der Waals surface area (Å²) in [5.74, 6) is 0. The number of hydrogen-bond acceptors (Lipinski definition) is 1. The Morgan fingerprint density at radius 1 is 1.00 bits per heavy atom. The Kier molecular flexibility index (Phi) is 27.0. The summed E-state index contributed by atoms with van der Waals surface area (Å²) >= 11 is 0. The zero-order valence-corrected chi connectivity index (χ0v) is 13.4. The summed E-state index contributed by atoms with van der Waals surface area (Å²) in [7, 11) is 0. The molecule has 0 aromatic carbocycles. The van der Waals surface area contributed by atoms with E-state index in [1.165, 1.54) is 0 Å². The van der Waals surface area contributed by atoms with Gasteiger partial charge in [0.25, 0.3) is 0 Å². The molecule has 103 valence electrons. The molecule has 0 spiro atoms. The summed E-state index contributed by atoms with van der Waals surface area (Å²) < 4.78 is 24.8. The summed E-state index contributed by atoms with van der Waals surface area (Å²) in [5.41, 5.74) is 0. The first kappa shape index (κ1) is 26.0. The zero-order chi connectivity index (χ0) is 14.4. The summed E-state index contributed by atoms with van der Waals surface area (Å²) in [4.78, 5) is 2.26. The van der Waals surface area contributed by atoms with Crippen LogP contribution in [0.25, 0.3) is 0 Å². The van der Waals surface area contributed by atoms with Gasteiger partial charge >= 0.3 is 33.9 Å². The van der Waals surface area contributed by atoms with E-state index < -0.39 is 0 Å². The predicted octanol–water partition coefficient (Wildman–Crippen LogP) is 0.922. The average molecular weight is 431 g/mol. The minimum Gasteiger partial charge on any atom is 0 e. The summed E-state index contributed by atoms with van der Waals surface area (Å²) in [5, 5.41) is 0. The molecule has 1 aliphatic rings. The van der Waals surface area contributed by atoms with Crippen molar-refractivity contribution >= 4 is 6.34 Å². The molecule has 1 rings (SSSR count). The minimum atomic E-state index is 0. The van der Waals surface area contributed by atoms with Crippen LogP contribution in [0, 0.1) is 20.0 Å². The van der Waals surface area contributed by atoms with E-state index in [1.807, 2.05) is 0 Å². The molecular formula is C12H18IrN2O3. The minimum absolute atomic E-state index is 0. The molecule has 1 aliphatic heterocycles. The standard InChI is InChI=1S/C9H18N2.3CO.Ir/c1-8(2)10-5-6-11(7-10)9(3)4;3*1-2;/h8-9H,5-6H2,1-4H3;;;;. The molecule has 0 saturated heterocycles. The van der Waals surface area contributed by atoms with Crippen molar-refractivity contribution in [1.82, 2.24) is 4.90 Å². The van der Waals surface area contributed by atoms with Gasteiger partial charge in [0.2, 0.25) is 0 Å². The summed E-state index contributed by atoms with van der Waals surface area (Å²) in [6.45, 7) is 24.6. The molecule has 6 heteroatoms. The van der Waals surface area contributed by atoms with Gasteiger partial charge < -0.3 is 9.48 Å². The second kappa shape index (κ2) is 18.7. The normalized spacial score (nSPS) is 11.6.